The van der Waals surface area contributed by atoms with E-state index in [0.29, 0.717) is 10.7 Å². The minimum absolute atomic E-state index is 0.100. The molecule has 0 saturated carbocycles. The molecule has 0 unspecified atom stereocenters. The predicted octanol–water partition coefficient (Wildman–Crippen LogP) is 5.39. The molecule has 0 bridgehead atoms. The summed E-state index contributed by atoms with van der Waals surface area (Å²) >= 11 is 13.2. The molecule has 0 aliphatic carbocycles. The lowest BCUT2D eigenvalue weighted by Gasteiger charge is -2.10. The van der Waals surface area contributed by atoms with Crippen LogP contribution in [0.3, 0.4) is 0 Å². The minimum atomic E-state index is -0.502. The van der Waals surface area contributed by atoms with Crippen LogP contribution in [-0.2, 0) is 0 Å². The Kier molecular flexibility index (Phi) is 5.14. The number of nitrogens with zero attached hydrogens (tertiary/aromatic N) is 1. The van der Waals surface area contributed by atoms with Gasteiger partial charge in [-0.3, -0.25) is 4.79 Å². The van der Waals surface area contributed by atoms with Crippen molar-refractivity contribution in [3.05, 3.63) is 85.5 Å². The molecule has 3 nitrogen and oxygen atoms in total. The highest BCUT2D eigenvalue weighted by atomic mass is 35.5. The maximum atomic E-state index is 14.0. The van der Waals surface area contributed by atoms with Crippen LogP contribution in [0.25, 0.3) is 5.70 Å². The van der Waals surface area contributed by atoms with Gasteiger partial charge in [0, 0.05) is 11.0 Å². The molecule has 0 spiro atoms. The van der Waals surface area contributed by atoms with Gasteiger partial charge in [-0.15, -0.1) is 0 Å². The monoisotopic (exact) mass is 390 g/mol. The van der Waals surface area contributed by atoms with Gasteiger partial charge in [0.1, 0.15) is 17.5 Å². The normalized spacial score (nSPS) is 15.2. The van der Waals surface area contributed by atoms with E-state index < -0.39 is 11.6 Å². The lowest BCUT2D eigenvalue weighted by atomic mass is 10.0. The van der Waals surface area contributed by atoms with Crippen LogP contribution in [0.15, 0.2) is 58.5 Å². The number of benzene rings is 2. The first-order chi connectivity index (χ1) is 12.0. The zero-order valence-electron chi connectivity index (χ0n) is 12.5. The third-order valence-corrected chi connectivity index (χ3v) is 5.00. The summed E-state index contributed by atoms with van der Waals surface area (Å²) in [7, 11) is 0. The fraction of sp³-hybridized carbons (Fsp3) is 0. The fourth-order valence-electron chi connectivity index (χ4n) is 2.28. The van der Waals surface area contributed by atoms with Crippen molar-refractivity contribution in [1.29, 1.82) is 5.26 Å². The second-order valence-electron chi connectivity index (χ2n) is 5.00. The summed E-state index contributed by atoms with van der Waals surface area (Å²) in [5.74, 6) is -0.999. The average Bonchev–Trinajstić information content (AvgIpc) is 3.05. The molecule has 124 valence electrons. The van der Waals surface area contributed by atoms with Gasteiger partial charge >= 0.3 is 0 Å². The third-order valence-electron chi connectivity index (χ3n) is 3.46. The van der Waals surface area contributed by atoms with Crippen LogP contribution in [0.2, 0.25) is 10.0 Å². The number of hydrogen-bond acceptors (Lipinski definition) is 4. The summed E-state index contributed by atoms with van der Waals surface area (Å²) in [5, 5.41) is 14.7. The Morgan fingerprint density at radius 1 is 1.12 bits per heavy atom. The standard InChI is InChI=1S/C18H9Cl2FN2OS/c19-12-5-2-1-4-10(12)17(24)11(8-22)18-23-15(9-25-18)16-13(20)6-3-7-14(16)21/h1-7,9,23H/b18-11+. The molecular formula is C18H9Cl2FN2OS. The third kappa shape index (κ3) is 3.42. The van der Waals surface area contributed by atoms with Crippen LogP contribution >= 0.6 is 35.0 Å². The molecule has 1 N–H and O–H groups in total. The number of hydrogen-bond donors (Lipinski definition) is 1. The maximum Gasteiger partial charge on any atom is 0.207 e. The molecule has 7 heteroatoms. The Bertz CT molecular complexity index is 959. The number of nitriles is 1. The topological polar surface area (TPSA) is 52.9 Å². The zero-order chi connectivity index (χ0) is 18.0. The highest BCUT2D eigenvalue weighted by molar-refractivity contribution is 8.06. The second kappa shape index (κ2) is 7.32. The van der Waals surface area contributed by atoms with Crippen LogP contribution in [0, 0.1) is 17.1 Å². The Morgan fingerprint density at radius 2 is 1.84 bits per heavy atom. The lowest BCUT2D eigenvalue weighted by molar-refractivity contribution is 0.103. The summed E-state index contributed by atoms with van der Waals surface area (Å²) in [6, 6.07) is 12.7. The van der Waals surface area contributed by atoms with E-state index in [9.17, 15) is 14.4 Å². The minimum Gasteiger partial charge on any atom is -0.348 e. The summed E-state index contributed by atoms with van der Waals surface area (Å²) < 4.78 is 14.0. The summed E-state index contributed by atoms with van der Waals surface area (Å²) in [4.78, 5) is 12.6. The van der Waals surface area contributed by atoms with E-state index >= 15 is 0 Å². The quantitative estimate of drug-likeness (QED) is 0.433. The number of halogens is 3. The number of allylic oxidation sites excluding steroid dienone is 1. The highest BCUT2D eigenvalue weighted by Crippen LogP contribution is 2.36. The van der Waals surface area contributed by atoms with E-state index in [1.165, 1.54) is 12.1 Å². The number of Topliss-reactive ketones (excluding diaryl/α,β-unsaturated/α-hetero) is 1. The van der Waals surface area contributed by atoms with Crippen molar-refractivity contribution in [3.8, 4) is 6.07 Å². The number of rotatable bonds is 3. The van der Waals surface area contributed by atoms with E-state index in [1.54, 1.807) is 35.7 Å². The number of ketones is 1. The lowest BCUT2D eigenvalue weighted by Crippen LogP contribution is -2.13. The van der Waals surface area contributed by atoms with Gasteiger partial charge in [0.05, 0.1) is 26.3 Å². The van der Waals surface area contributed by atoms with E-state index in [2.05, 4.69) is 5.32 Å². The maximum absolute atomic E-state index is 14.0. The first-order valence-electron chi connectivity index (χ1n) is 7.04. The van der Waals surface area contributed by atoms with Crippen molar-refractivity contribution < 1.29 is 9.18 Å². The van der Waals surface area contributed by atoms with Gasteiger partial charge in [0.2, 0.25) is 5.78 Å². The van der Waals surface area contributed by atoms with Crippen LogP contribution in [0.4, 0.5) is 4.39 Å². The summed E-state index contributed by atoms with van der Waals surface area (Å²) in [6.45, 7) is 0. The molecule has 2 aromatic carbocycles. The first-order valence-corrected chi connectivity index (χ1v) is 8.68. The van der Waals surface area contributed by atoms with Crippen molar-refractivity contribution in [1.82, 2.24) is 5.32 Å². The van der Waals surface area contributed by atoms with Gasteiger partial charge in [-0.05, 0) is 24.3 Å². The van der Waals surface area contributed by atoms with Gasteiger partial charge in [0.15, 0.2) is 0 Å². The molecule has 1 heterocycles. The van der Waals surface area contributed by atoms with Crippen LogP contribution < -0.4 is 5.32 Å². The van der Waals surface area contributed by atoms with Gasteiger partial charge in [-0.2, -0.15) is 5.26 Å². The molecule has 0 fully saturated rings. The number of nitrogens with one attached hydrogen (secondary N) is 1. The molecule has 2 aromatic rings. The SMILES string of the molecule is N#C/C(C(=O)c1ccccc1Cl)=C1/NC(c2c(F)cccc2Cl)=CS1. The molecule has 0 radical (unpaired) electrons. The van der Waals surface area contributed by atoms with Gasteiger partial charge in [-0.25, -0.2) is 4.39 Å². The van der Waals surface area contributed by atoms with E-state index in [0.717, 1.165) is 11.8 Å². The molecule has 0 saturated heterocycles. The smallest absolute Gasteiger partial charge is 0.207 e. The Labute approximate surface area is 157 Å². The van der Waals surface area contributed by atoms with Crippen molar-refractivity contribution >= 4 is 46.4 Å². The Morgan fingerprint density at radius 3 is 2.52 bits per heavy atom. The van der Waals surface area contributed by atoms with E-state index in [-0.39, 0.29) is 26.7 Å². The molecule has 0 atom stereocenters. The van der Waals surface area contributed by atoms with Crippen LogP contribution in [0.1, 0.15) is 15.9 Å². The molecular weight excluding hydrogens is 382 g/mol. The summed E-state index contributed by atoms with van der Waals surface area (Å²) in [6.07, 6.45) is 0. The molecule has 25 heavy (non-hydrogen) atoms. The van der Waals surface area contributed by atoms with E-state index in [1.807, 2.05) is 6.07 Å². The Hall–Kier alpha value is -2.26. The largest absolute Gasteiger partial charge is 0.348 e. The number of thioether (sulfide) groups is 1. The predicted molar refractivity (Wildman–Crippen MR) is 98.5 cm³/mol. The van der Waals surface area contributed by atoms with Crippen molar-refractivity contribution in [2.75, 3.05) is 0 Å². The van der Waals surface area contributed by atoms with E-state index in [4.69, 9.17) is 23.2 Å². The number of carbonyl (C=O) groups is 1. The highest BCUT2D eigenvalue weighted by Gasteiger charge is 2.25. The second-order valence-corrected chi connectivity index (χ2v) is 6.69. The van der Waals surface area contributed by atoms with Crippen LogP contribution in [0.5, 0.6) is 0 Å². The molecule has 3 rings (SSSR count). The van der Waals surface area contributed by atoms with Gasteiger partial charge in [-0.1, -0.05) is 53.2 Å². The summed E-state index contributed by atoms with van der Waals surface area (Å²) in [5.41, 5.74) is 0.710. The zero-order valence-corrected chi connectivity index (χ0v) is 14.8. The van der Waals surface area contributed by atoms with Gasteiger partial charge in [0.25, 0.3) is 0 Å². The number of carbonyl (C=O) groups excluding carboxylic acids is 1. The van der Waals surface area contributed by atoms with Crippen molar-refractivity contribution in [3.63, 3.8) is 0 Å². The van der Waals surface area contributed by atoms with Gasteiger partial charge < -0.3 is 5.32 Å². The fourth-order valence-corrected chi connectivity index (χ4v) is 3.61. The van der Waals surface area contributed by atoms with Crippen LogP contribution in [-0.4, -0.2) is 5.78 Å². The molecule has 1 aliphatic rings. The van der Waals surface area contributed by atoms with Crippen molar-refractivity contribution in [2.24, 2.45) is 0 Å². The molecule has 0 amide bonds. The van der Waals surface area contributed by atoms with Crippen molar-refractivity contribution in [2.45, 2.75) is 0 Å². The average molecular weight is 391 g/mol. The molecule has 1 aliphatic heterocycles. The molecule has 0 aromatic heterocycles. The first kappa shape index (κ1) is 17.6. The Balaban J connectivity index is 1.96.